The number of nitrogens with one attached hydrogen (secondary N) is 2. The molecule has 0 saturated carbocycles. The average Bonchev–Trinajstić information content (AvgIpc) is 3.14. The fourth-order valence-electron chi connectivity index (χ4n) is 2.98. The van der Waals surface area contributed by atoms with Crippen LogP contribution in [-0.2, 0) is 14.2 Å². The third kappa shape index (κ3) is 4.66. The molecule has 2 aliphatic heterocycles. The minimum Gasteiger partial charge on any atom is -0.376 e. The van der Waals surface area contributed by atoms with E-state index < -0.39 is 0 Å². The smallest absolute Gasteiger partial charge is 0.315 e. The fourth-order valence-corrected chi connectivity index (χ4v) is 2.98. The topological polar surface area (TPSA) is 68.8 Å². The molecule has 24 heavy (non-hydrogen) atoms. The molecule has 2 aliphatic rings. The summed E-state index contributed by atoms with van der Waals surface area (Å²) in [4.78, 5) is 12.2. The van der Waals surface area contributed by atoms with Crippen LogP contribution in [0.15, 0.2) is 24.3 Å². The molecular weight excluding hydrogens is 315 g/mol. The van der Waals surface area contributed by atoms with Crippen LogP contribution in [0, 0.1) is 5.82 Å². The van der Waals surface area contributed by atoms with Gasteiger partial charge in [0.2, 0.25) is 0 Å². The Morgan fingerprint density at radius 1 is 1.21 bits per heavy atom. The van der Waals surface area contributed by atoms with E-state index in [1.807, 2.05) is 0 Å². The number of hydrogen-bond donors (Lipinski definition) is 2. The van der Waals surface area contributed by atoms with E-state index in [4.69, 9.17) is 14.2 Å². The van der Waals surface area contributed by atoms with Gasteiger partial charge in [-0.25, -0.2) is 9.18 Å². The second kappa shape index (κ2) is 8.41. The van der Waals surface area contributed by atoms with Crippen molar-refractivity contribution in [3.63, 3.8) is 0 Å². The Bertz CT molecular complexity index is 528. The number of halogens is 1. The summed E-state index contributed by atoms with van der Waals surface area (Å²) in [5.74, 6) is -0.302. The van der Waals surface area contributed by atoms with Gasteiger partial charge in [0.15, 0.2) is 0 Å². The van der Waals surface area contributed by atoms with Gasteiger partial charge in [-0.1, -0.05) is 12.1 Å². The summed E-state index contributed by atoms with van der Waals surface area (Å²) in [6.07, 6.45) is 1.59. The summed E-state index contributed by atoms with van der Waals surface area (Å²) in [5, 5.41) is 5.74. The van der Waals surface area contributed by atoms with Crippen molar-refractivity contribution in [1.82, 2.24) is 10.6 Å². The molecule has 2 N–H and O–H groups in total. The molecule has 3 rings (SSSR count). The molecule has 6 nitrogen and oxygen atoms in total. The second-order valence-corrected chi connectivity index (χ2v) is 6.00. The zero-order valence-corrected chi connectivity index (χ0v) is 13.5. The lowest BCUT2D eigenvalue weighted by Crippen LogP contribution is -2.46. The Balaban J connectivity index is 1.58. The molecule has 132 valence electrons. The summed E-state index contributed by atoms with van der Waals surface area (Å²) < 4.78 is 29.7. The minimum atomic E-state index is -0.309. The van der Waals surface area contributed by atoms with Gasteiger partial charge in [-0.3, -0.25) is 0 Å². The average molecular weight is 338 g/mol. The van der Waals surface area contributed by atoms with Crippen molar-refractivity contribution in [2.75, 3.05) is 33.0 Å². The zero-order chi connectivity index (χ0) is 16.8. The van der Waals surface area contributed by atoms with E-state index in [-0.39, 0.29) is 30.1 Å². The number of rotatable bonds is 5. The van der Waals surface area contributed by atoms with Crippen LogP contribution in [0.4, 0.5) is 9.18 Å². The molecule has 0 radical (unpaired) electrons. The first kappa shape index (κ1) is 17.1. The predicted octanol–water partition coefficient (Wildman–Crippen LogP) is 1.76. The summed E-state index contributed by atoms with van der Waals surface area (Å²) in [5.41, 5.74) is 0.829. The highest BCUT2D eigenvalue weighted by Crippen LogP contribution is 2.27. The number of carbonyl (C=O) groups excluding carboxylic acids is 1. The number of hydrogen-bond acceptors (Lipinski definition) is 4. The van der Waals surface area contributed by atoms with Crippen molar-refractivity contribution < 1.29 is 23.4 Å². The molecule has 7 heteroatoms. The highest BCUT2D eigenvalue weighted by Gasteiger charge is 2.29. The number of ether oxygens (including phenoxy) is 3. The molecular formula is C17H23FN2O4. The summed E-state index contributed by atoms with van der Waals surface area (Å²) >= 11 is 0. The van der Waals surface area contributed by atoms with Crippen LogP contribution in [0.2, 0.25) is 0 Å². The number of benzene rings is 1. The van der Waals surface area contributed by atoms with Gasteiger partial charge in [0.1, 0.15) is 5.82 Å². The Labute approximate surface area is 140 Å². The van der Waals surface area contributed by atoms with E-state index in [0.29, 0.717) is 33.0 Å². The van der Waals surface area contributed by atoms with Crippen molar-refractivity contribution in [2.24, 2.45) is 0 Å². The van der Waals surface area contributed by atoms with Gasteiger partial charge in [0.25, 0.3) is 0 Å². The monoisotopic (exact) mass is 338 g/mol. The Kier molecular flexibility index (Phi) is 6.01. The standard InChI is InChI=1S/C17H23FN2O4/c18-13-5-3-12(4-6-13)16(15-2-1-7-24-15)20-17(21)19-10-14-11-22-8-9-23-14/h3-6,14-16H,1-2,7-11H2,(H2,19,20,21)/t14-,15-,16-/m1/s1. The molecule has 3 atom stereocenters. The molecule has 1 aromatic carbocycles. The predicted molar refractivity (Wildman–Crippen MR) is 85.2 cm³/mol. The maximum absolute atomic E-state index is 13.2. The number of amides is 2. The van der Waals surface area contributed by atoms with Crippen molar-refractivity contribution in [3.05, 3.63) is 35.6 Å². The van der Waals surface area contributed by atoms with Gasteiger partial charge in [0.05, 0.1) is 38.1 Å². The van der Waals surface area contributed by atoms with Crippen LogP contribution in [0.3, 0.4) is 0 Å². The third-order valence-corrected chi connectivity index (χ3v) is 4.23. The quantitative estimate of drug-likeness (QED) is 0.858. The first-order chi connectivity index (χ1) is 11.7. The van der Waals surface area contributed by atoms with Gasteiger partial charge in [-0.2, -0.15) is 0 Å². The van der Waals surface area contributed by atoms with Crippen LogP contribution in [0.5, 0.6) is 0 Å². The summed E-state index contributed by atoms with van der Waals surface area (Å²) in [7, 11) is 0. The largest absolute Gasteiger partial charge is 0.376 e. The summed E-state index contributed by atoms with van der Waals surface area (Å²) in [6, 6.07) is 5.54. The lowest BCUT2D eigenvalue weighted by molar-refractivity contribution is -0.0854. The van der Waals surface area contributed by atoms with Gasteiger partial charge in [0, 0.05) is 13.2 Å². The molecule has 1 aromatic rings. The summed E-state index contributed by atoms with van der Waals surface area (Å²) in [6.45, 7) is 2.68. The highest BCUT2D eigenvalue weighted by molar-refractivity contribution is 5.74. The second-order valence-electron chi connectivity index (χ2n) is 6.00. The van der Waals surface area contributed by atoms with Crippen molar-refractivity contribution >= 4 is 6.03 Å². The molecule has 2 amide bonds. The Morgan fingerprint density at radius 2 is 2.04 bits per heavy atom. The van der Waals surface area contributed by atoms with Crippen LogP contribution >= 0.6 is 0 Å². The third-order valence-electron chi connectivity index (χ3n) is 4.23. The van der Waals surface area contributed by atoms with Crippen LogP contribution in [-0.4, -0.2) is 51.2 Å². The SMILES string of the molecule is O=C(NC[C@@H]1COCCO1)N[C@H](c1ccc(F)cc1)[C@H]1CCCO1. The lowest BCUT2D eigenvalue weighted by Gasteiger charge is -2.26. The maximum Gasteiger partial charge on any atom is 0.315 e. The van der Waals surface area contributed by atoms with Gasteiger partial charge < -0.3 is 24.8 Å². The minimum absolute atomic E-state index is 0.101. The van der Waals surface area contributed by atoms with Crippen LogP contribution in [0.1, 0.15) is 24.4 Å². The van der Waals surface area contributed by atoms with E-state index in [1.54, 1.807) is 12.1 Å². The van der Waals surface area contributed by atoms with Gasteiger partial charge in [-0.15, -0.1) is 0 Å². The molecule has 0 unspecified atom stereocenters. The molecule has 0 aliphatic carbocycles. The van der Waals surface area contributed by atoms with E-state index >= 15 is 0 Å². The van der Waals surface area contributed by atoms with Crippen LogP contribution in [0.25, 0.3) is 0 Å². The zero-order valence-electron chi connectivity index (χ0n) is 13.5. The van der Waals surface area contributed by atoms with E-state index in [9.17, 15) is 9.18 Å². The van der Waals surface area contributed by atoms with Gasteiger partial charge in [-0.05, 0) is 30.5 Å². The Morgan fingerprint density at radius 3 is 2.71 bits per heavy atom. The fraction of sp³-hybridized carbons (Fsp3) is 0.588. The molecule has 0 bridgehead atoms. The normalized spacial score (nSPS) is 25.2. The molecule has 2 saturated heterocycles. The van der Waals surface area contributed by atoms with Crippen LogP contribution < -0.4 is 10.6 Å². The van der Waals surface area contributed by atoms with E-state index in [0.717, 1.165) is 18.4 Å². The van der Waals surface area contributed by atoms with Gasteiger partial charge >= 0.3 is 6.03 Å². The first-order valence-corrected chi connectivity index (χ1v) is 8.33. The van der Waals surface area contributed by atoms with E-state index in [1.165, 1.54) is 12.1 Å². The van der Waals surface area contributed by atoms with E-state index in [2.05, 4.69) is 10.6 Å². The molecule has 0 spiro atoms. The molecule has 2 fully saturated rings. The number of carbonyl (C=O) groups is 1. The Hall–Kier alpha value is -1.70. The number of urea groups is 1. The highest BCUT2D eigenvalue weighted by atomic mass is 19.1. The first-order valence-electron chi connectivity index (χ1n) is 8.33. The molecule has 0 aromatic heterocycles. The maximum atomic E-state index is 13.2. The van der Waals surface area contributed by atoms with Crippen molar-refractivity contribution in [1.29, 1.82) is 0 Å². The lowest BCUT2D eigenvalue weighted by atomic mass is 9.99. The molecule has 2 heterocycles. The van der Waals surface area contributed by atoms with Crippen molar-refractivity contribution in [2.45, 2.75) is 31.1 Å². The van der Waals surface area contributed by atoms with Crippen molar-refractivity contribution in [3.8, 4) is 0 Å².